The number of aromatic amines is 1. The Kier molecular flexibility index (Phi) is 4.55. The summed E-state index contributed by atoms with van der Waals surface area (Å²) in [5.41, 5.74) is 0.275. The number of carboxylic acid groups (broad SMARTS) is 1. The molecule has 0 fully saturated rings. The number of pyridine rings is 1. The third kappa shape index (κ3) is 6.23. The molecule has 2 N–H and O–H groups in total. The fourth-order valence-corrected chi connectivity index (χ4v) is 0.526. The van der Waals surface area contributed by atoms with E-state index in [2.05, 4.69) is 4.98 Å². The molecular formula is C6H6N2O5. The first-order valence-electron chi connectivity index (χ1n) is 3.05. The molecule has 0 amide bonds. The molecule has 1 heterocycles. The van der Waals surface area contributed by atoms with E-state index in [0.29, 0.717) is 0 Å². The highest BCUT2D eigenvalue weighted by Gasteiger charge is 2.01. The Hall–Kier alpha value is -2.18. The Bertz CT molecular complexity index is 282. The summed E-state index contributed by atoms with van der Waals surface area (Å²) in [6.07, 6.45) is 3.09. The topological polar surface area (TPSA) is 118 Å². The van der Waals surface area contributed by atoms with Gasteiger partial charge in [0.1, 0.15) is 5.56 Å². The average Bonchev–Trinajstić information content (AvgIpc) is 2.05. The summed E-state index contributed by atoms with van der Waals surface area (Å²) in [5.74, 6) is -0.910. The summed E-state index contributed by atoms with van der Waals surface area (Å²) in [5, 5.41) is 23.1. The zero-order valence-corrected chi connectivity index (χ0v) is 6.34. The maximum atomic E-state index is 10.2. The van der Waals surface area contributed by atoms with Gasteiger partial charge in [0.05, 0.1) is 5.09 Å². The fourth-order valence-electron chi connectivity index (χ4n) is 0.526. The van der Waals surface area contributed by atoms with Gasteiger partial charge < -0.3 is 20.4 Å². The van der Waals surface area contributed by atoms with Gasteiger partial charge >= 0.3 is 5.97 Å². The zero-order chi connectivity index (χ0) is 10.3. The highest BCUT2D eigenvalue weighted by atomic mass is 16.9. The third-order valence-electron chi connectivity index (χ3n) is 0.954. The summed E-state index contributed by atoms with van der Waals surface area (Å²) >= 11 is 0. The summed E-state index contributed by atoms with van der Waals surface area (Å²) in [7, 11) is 0. The van der Waals surface area contributed by atoms with Crippen LogP contribution in [-0.2, 0) is 0 Å². The number of nitrogens with zero attached hydrogens (tertiary/aromatic N) is 1. The van der Waals surface area contributed by atoms with Crippen molar-refractivity contribution in [1.29, 1.82) is 0 Å². The lowest BCUT2D eigenvalue weighted by Crippen LogP contribution is -2.05. The second kappa shape index (κ2) is 5.47. The van der Waals surface area contributed by atoms with Crippen molar-refractivity contribution in [3.8, 4) is 0 Å². The molecule has 0 atom stereocenters. The SMILES string of the molecule is O=C(O)c1ccc[nH+]c1.O=[N+]([O-])[O-]. The standard InChI is InChI=1S/C6H5NO2.NO3/c8-6(9)5-2-1-3-7-4-5;2-1(3)4/h1-4H,(H,8,9);/q;-1/p+1. The van der Waals surface area contributed by atoms with E-state index < -0.39 is 11.1 Å². The highest BCUT2D eigenvalue weighted by molar-refractivity contribution is 5.86. The van der Waals surface area contributed by atoms with E-state index in [1.165, 1.54) is 12.3 Å². The predicted molar refractivity (Wildman–Crippen MR) is 40.3 cm³/mol. The van der Waals surface area contributed by atoms with Gasteiger partial charge in [0.15, 0.2) is 12.4 Å². The van der Waals surface area contributed by atoms with E-state index in [9.17, 15) is 4.79 Å². The molecule has 0 aliphatic rings. The molecule has 7 nitrogen and oxygen atoms in total. The number of carboxylic acids is 1. The third-order valence-corrected chi connectivity index (χ3v) is 0.954. The number of aromatic nitrogens is 1. The van der Waals surface area contributed by atoms with Gasteiger partial charge in [-0.15, -0.1) is 0 Å². The Labute approximate surface area is 72.4 Å². The second-order valence-corrected chi connectivity index (χ2v) is 1.82. The van der Waals surface area contributed by atoms with Crippen molar-refractivity contribution in [2.75, 3.05) is 0 Å². The summed E-state index contributed by atoms with van der Waals surface area (Å²) < 4.78 is 0. The predicted octanol–water partition coefficient (Wildman–Crippen LogP) is -0.0402. The quantitative estimate of drug-likeness (QED) is 0.487. The van der Waals surface area contributed by atoms with Crippen LogP contribution in [0.3, 0.4) is 0 Å². The molecule has 13 heavy (non-hydrogen) atoms. The first-order chi connectivity index (χ1) is 6.04. The van der Waals surface area contributed by atoms with E-state index in [0.717, 1.165) is 0 Å². The molecule has 0 spiro atoms. The van der Waals surface area contributed by atoms with E-state index in [-0.39, 0.29) is 5.56 Å². The molecule has 0 aliphatic heterocycles. The number of H-pyrrole nitrogens is 1. The number of rotatable bonds is 1. The molecule has 0 bridgehead atoms. The van der Waals surface area contributed by atoms with Gasteiger partial charge in [0.25, 0.3) is 0 Å². The largest absolute Gasteiger partial charge is 0.477 e. The summed E-state index contributed by atoms with van der Waals surface area (Å²) in [4.78, 5) is 21.1. The molecule has 0 unspecified atom stereocenters. The van der Waals surface area contributed by atoms with Crippen molar-refractivity contribution < 1.29 is 20.0 Å². The van der Waals surface area contributed by atoms with Crippen LogP contribution in [0.15, 0.2) is 24.5 Å². The van der Waals surface area contributed by atoms with Crippen LogP contribution in [0.2, 0.25) is 0 Å². The number of hydrogen-bond donors (Lipinski definition) is 1. The molecule has 1 aromatic heterocycles. The van der Waals surface area contributed by atoms with Gasteiger partial charge in [-0.25, -0.2) is 9.78 Å². The zero-order valence-electron chi connectivity index (χ0n) is 6.34. The van der Waals surface area contributed by atoms with E-state index >= 15 is 0 Å². The smallest absolute Gasteiger partial charge is 0.341 e. The van der Waals surface area contributed by atoms with Crippen molar-refractivity contribution in [3.63, 3.8) is 0 Å². The Morgan fingerprint density at radius 3 is 2.31 bits per heavy atom. The molecule has 1 aromatic rings. The minimum absolute atomic E-state index is 0.275. The molecule has 0 aliphatic carbocycles. The lowest BCUT2D eigenvalue weighted by molar-refractivity contribution is -0.402. The number of nitrogens with one attached hydrogen (secondary N) is 1. The molecule has 0 saturated carbocycles. The van der Waals surface area contributed by atoms with Crippen LogP contribution in [-0.4, -0.2) is 16.2 Å². The lowest BCUT2D eigenvalue weighted by atomic mass is 10.3. The van der Waals surface area contributed by atoms with Crippen LogP contribution in [0.5, 0.6) is 0 Å². The maximum Gasteiger partial charge on any atom is 0.341 e. The van der Waals surface area contributed by atoms with Gasteiger partial charge in [-0.3, -0.25) is 0 Å². The minimum atomic E-state index is -1.75. The second-order valence-electron chi connectivity index (χ2n) is 1.82. The normalized spacial score (nSPS) is 8.00. The molecular weight excluding hydrogens is 180 g/mol. The van der Waals surface area contributed by atoms with Crippen LogP contribution in [0.25, 0.3) is 0 Å². The number of hydrogen-bond acceptors (Lipinski definition) is 4. The van der Waals surface area contributed by atoms with Gasteiger partial charge in [-0.2, -0.15) is 0 Å². The van der Waals surface area contributed by atoms with Gasteiger partial charge in [-0.05, 0) is 6.07 Å². The Balaban J connectivity index is 0.000000310. The van der Waals surface area contributed by atoms with Crippen molar-refractivity contribution >= 4 is 5.97 Å². The molecule has 70 valence electrons. The van der Waals surface area contributed by atoms with Crippen LogP contribution in [0.1, 0.15) is 10.4 Å². The van der Waals surface area contributed by atoms with E-state index in [4.69, 9.17) is 20.4 Å². The van der Waals surface area contributed by atoms with Crippen LogP contribution in [0.4, 0.5) is 0 Å². The monoisotopic (exact) mass is 186 g/mol. The van der Waals surface area contributed by atoms with Gasteiger partial charge in [0, 0.05) is 6.07 Å². The highest BCUT2D eigenvalue weighted by Crippen LogP contribution is 1.90. The van der Waals surface area contributed by atoms with Crippen molar-refractivity contribution in [3.05, 3.63) is 45.4 Å². The van der Waals surface area contributed by atoms with E-state index in [1.807, 2.05) is 0 Å². The van der Waals surface area contributed by atoms with Crippen molar-refractivity contribution in [2.24, 2.45) is 0 Å². The van der Waals surface area contributed by atoms with Gasteiger partial charge in [-0.1, -0.05) is 0 Å². The Morgan fingerprint density at radius 2 is 2.08 bits per heavy atom. The first kappa shape index (κ1) is 10.8. The van der Waals surface area contributed by atoms with Crippen LogP contribution in [0, 0.1) is 15.3 Å². The molecule has 7 heteroatoms. The van der Waals surface area contributed by atoms with Crippen LogP contribution < -0.4 is 4.98 Å². The first-order valence-corrected chi connectivity index (χ1v) is 3.05. The number of aromatic carboxylic acids is 1. The lowest BCUT2D eigenvalue weighted by Gasteiger charge is -1.83. The minimum Gasteiger partial charge on any atom is -0.477 e. The molecule has 1 rings (SSSR count). The summed E-state index contributed by atoms with van der Waals surface area (Å²) in [6.45, 7) is 0. The van der Waals surface area contributed by atoms with Crippen molar-refractivity contribution in [2.45, 2.75) is 0 Å². The summed E-state index contributed by atoms with van der Waals surface area (Å²) in [6, 6.07) is 3.17. The number of carbonyl (C=O) groups is 1. The average molecular weight is 186 g/mol. The van der Waals surface area contributed by atoms with E-state index in [1.54, 1.807) is 12.3 Å². The maximum absolute atomic E-state index is 10.2. The fraction of sp³-hybridized carbons (Fsp3) is 0. The van der Waals surface area contributed by atoms with Crippen LogP contribution >= 0.6 is 0 Å². The molecule has 0 radical (unpaired) electrons. The van der Waals surface area contributed by atoms with Gasteiger partial charge in [0.2, 0.25) is 0 Å². The molecule has 0 saturated heterocycles. The molecule has 0 aromatic carbocycles. The Morgan fingerprint density at radius 1 is 1.54 bits per heavy atom. The van der Waals surface area contributed by atoms with Crippen molar-refractivity contribution in [1.82, 2.24) is 0 Å².